The first-order valence-electron chi connectivity index (χ1n) is 8.40. The number of nitrogens with zero attached hydrogens (tertiary/aromatic N) is 2. The normalized spacial score (nSPS) is 19.7. The SMILES string of the molecule is Cc1cccc(N2CC(C(=O)N3CCc4ccccc43)CC2=O)c1. The molecule has 2 aromatic rings. The molecule has 2 aliphatic rings. The summed E-state index contributed by atoms with van der Waals surface area (Å²) < 4.78 is 0. The zero-order valence-electron chi connectivity index (χ0n) is 13.7. The van der Waals surface area contributed by atoms with Crippen molar-refractivity contribution in [3.8, 4) is 0 Å². The van der Waals surface area contributed by atoms with Crippen LogP contribution in [0.1, 0.15) is 17.5 Å². The van der Waals surface area contributed by atoms with E-state index < -0.39 is 0 Å². The van der Waals surface area contributed by atoms with Crippen LogP contribution in [0.25, 0.3) is 0 Å². The van der Waals surface area contributed by atoms with E-state index >= 15 is 0 Å². The third kappa shape index (κ3) is 2.48. The number of rotatable bonds is 2. The molecular weight excluding hydrogens is 300 g/mol. The number of hydrogen-bond acceptors (Lipinski definition) is 2. The molecule has 0 aliphatic carbocycles. The molecule has 24 heavy (non-hydrogen) atoms. The number of carbonyl (C=O) groups excluding carboxylic acids is 2. The van der Waals surface area contributed by atoms with Crippen LogP contribution in [-0.2, 0) is 16.0 Å². The largest absolute Gasteiger partial charge is 0.312 e. The number of aryl methyl sites for hydroxylation is 1. The lowest BCUT2D eigenvalue weighted by molar-refractivity contribution is -0.124. The van der Waals surface area contributed by atoms with Gasteiger partial charge in [0.2, 0.25) is 11.8 Å². The summed E-state index contributed by atoms with van der Waals surface area (Å²) in [5.74, 6) is -0.154. The molecule has 2 aromatic carbocycles. The fourth-order valence-electron chi connectivity index (χ4n) is 3.71. The zero-order valence-corrected chi connectivity index (χ0v) is 13.7. The monoisotopic (exact) mass is 320 g/mol. The Kier molecular flexibility index (Phi) is 3.60. The van der Waals surface area contributed by atoms with E-state index in [1.54, 1.807) is 4.90 Å². The standard InChI is InChI=1S/C20H20N2O2/c1-14-5-4-7-17(11-14)22-13-16(12-19(22)23)20(24)21-10-9-15-6-2-3-8-18(15)21/h2-8,11,16H,9-10,12-13H2,1H3. The van der Waals surface area contributed by atoms with Crippen molar-refractivity contribution in [1.29, 1.82) is 0 Å². The molecule has 0 radical (unpaired) electrons. The highest BCUT2D eigenvalue weighted by atomic mass is 16.2. The summed E-state index contributed by atoms with van der Waals surface area (Å²) in [7, 11) is 0. The summed E-state index contributed by atoms with van der Waals surface area (Å²) in [6.45, 7) is 3.20. The van der Waals surface area contributed by atoms with Crippen molar-refractivity contribution in [3.63, 3.8) is 0 Å². The van der Waals surface area contributed by atoms with Crippen molar-refractivity contribution in [1.82, 2.24) is 0 Å². The van der Waals surface area contributed by atoms with E-state index in [1.165, 1.54) is 5.56 Å². The van der Waals surface area contributed by atoms with Gasteiger partial charge in [-0.05, 0) is 42.7 Å². The molecular formula is C20H20N2O2. The third-order valence-corrected chi connectivity index (χ3v) is 4.94. The minimum absolute atomic E-state index is 0.0337. The Bertz CT molecular complexity index is 815. The van der Waals surface area contributed by atoms with Gasteiger partial charge in [0.05, 0.1) is 5.92 Å². The van der Waals surface area contributed by atoms with Gasteiger partial charge in [-0.25, -0.2) is 0 Å². The number of carbonyl (C=O) groups is 2. The van der Waals surface area contributed by atoms with Gasteiger partial charge in [0, 0.05) is 30.9 Å². The lowest BCUT2D eigenvalue weighted by atomic mass is 10.1. The number of benzene rings is 2. The number of hydrogen-bond donors (Lipinski definition) is 0. The fraction of sp³-hybridized carbons (Fsp3) is 0.300. The van der Waals surface area contributed by atoms with E-state index in [0.717, 1.165) is 23.4 Å². The van der Waals surface area contributed by atoms with Crippen LogP contribution in [-0.4, -0.2) is 24.9 Å². The molecule has 1 fully saturated rings. The third-order valence-electron chi connectivity index (χ3n) is 4.94. The minimum Gasteiger partial charge on any atom is -0.312 e. The molecule has 4 heteroatoms. The Morgan fingerprint density at radius 2 is 1.96 bits per heavy atom. The molecule has 0 saturated carbocycles. The molecule has 0 spiro atoms. The van der Waals surface area contributed by atoms with Crippen LogP contribution in [0.5, 0.6) is 0 Å². The topological polar surface area (TPSA) is 40.6 Å². The van der Waals surface area contributed by atoms with E-state index in [4.69, 9.17) is 0 Å². The number of anilines is 2. The second-order valence-electron chi connectivity index (χ2n) is 6.61. The smallest absolute Gasteiger partial charge is 0.232 e. The predicted molar refractivity (Wildman–Crippen MR) is 94.1 cm³/mol. The van der Waals surface area contributed by atoms with Gasteiger partial charge >= 0.3 is 0 Å². The van der Waals surface area contributed by atoms with Crippen LogP contribution in [0.15, 0.2) is 48.5 Å². The molecule has 0 bridgehead atoms. The van der Waals surface area contributed by atoms with Crippen molar-refractivity contribution in [3.05, 3.63) is 59.7 Å². The van der Waals surface area contributed by atoms with Crippen LogP contribution in [0.4, 0.5) is 11.4 Å². The quantitative estimate of drug-likeness (QED) is 0.853. The number of amides is 2. The molecule has 4 rings (SSSR count). The fourth-order valence-corrected chi connectivity index (χ4v) is 3.71. The summed E-state index contributed by atoms with van der Waals surface area (Å²) >= 11 is 0. The molecule has 2 amide bonds. The highest BCUT2D eigenvalue weighted by Gasteiger charge is 2.38. The Balaban J connectivity index is 1.54. The first kappa shape index (κ1) is 14.9. The Morgan fingerprint density at radius 1 is 1.12 bits per heavy atom. The maximum Gasteiger partial charge on any atom is 0.232 e. The van der Waals surface area contributed by atoms with Crippen molar-refractivity contribution in [2.45, 2.75) is 19.8 Å². The van der Waals surface area contributed by atoms with Crippen LogP contribution < -0.4 is 9.80 Å². The van der Waals surface area contributed by atoms with E-state index in [0.29, 0.717) is 19.5 Å². The van der Waals surface area contributed by atoms with Crippen molar-refractivity contribution in [2.24, 2.45) is 5.92 Å². The van der Waals surface area contributed by atoms with Gasteiger partial charge in [0.1, 0.15) is 0 Å². The van der Waals surface area contributed by atoms with Gasteiger partial charge < -0.3 is 9.80 Å². The first-order valence-corrected chi connectivity index (χ1v) is 8.40. The van der Waals surface area contributed by atoms with Crippen molar-refractivity contribution >= 4 is 23.2 Å². The van der Waals surface area contributed by atoms with Crippen LogP contribution >= 0.6 is 0 Å². The Hall–Kier alpha value is -2.62. The van der Waals surface area contributed by atoms with Crippen LogP contribution in [0, 0.1) is 12.8 Å². The van der Waals surface area contributed by atoms with Gasteiger partial charge in [0.25, 0.3) is 0 Å². The Morgan fingerprint density at radius 3 is 2.79 bits per heavy atom. The van der Waals surface area contributed by atoms with E-state index in [1.807, 2.05) is 54.3 Å². The highest BCUT2D eigenvalue weighted by molar-refractivity contribution is 6.05. The van der Waals surface area contributed by atoms with Gasteiger partial charge in [-0.1, -0.05) is 30.3 Å². The molecule has 0 aromatic heterocycles. The average Bonchev–Trinajstić information content (AvgIpc) is 3.18. The maximum atomic E-state index is 12.9. The number of fused-ring (bicyclic) bond motifs is 1. The summed E-state index contributed by atoms with van der Waals surface area (Å²) in [5, 5.41) is 0. The van der Waals surface area contributed by atoms with Gasteiger partial charge in [-0.3, -0.25) is 9.59 Å². The van der Waals surface area contributed by atoms with E-state index in [2.05, 4.69) is 6.07 Å². The van der Waals surface area contributed by atoms with Gasteiger partial charge in [-0.15, -0.1) is 0 Å². The second-order valence-corrected chi connectivity index (χ2v) is 6.61. The summed E-state index contributed by atoms with van der Waals surface area (Å²) in [6.07, 6.45) is 1.19. The predicted octanol–water partition coefficient (Wildman–Crippen LogP) is 2.94. The minimum atomic E-state index is -0.260. The maximum absolute atomic E-state index is 12.9. The van der Waals surface area contributed by atoms with Gasteiger partial charge in [0.15, 0.2) is 0 Å². The van der Waals surface area contributed by atoms with Crippen LogP contribution in [0.3, 0.4) is 0 Å². The lowest BCUT2D eigenvalue weighted by Crippen LogP contribution is -2.36. The molecule has 2 aliphatic heterocycles. The molecule has 1 unspecified atom stereocenters. The van der Waals surface area contributed by atoms with Gasteiger partial charge in [-0.2, -0.15) is 0 Å². The molecule has 0 N–H and O–H groups in total. The van der Waals surface area contributed by atoms with E-state index in [-0.39, 0.29) is 17.7 Å². The van der Waals surface area contributed by atoms with E-state index in [9.17, 15) is 9.59 Å². The second kappa shape index (κ2) is 5.78. The highest BCUT2D eigenvalue weighted by Crippen LogP contribution is 2.32. The zero-order chi connectivity index (χ0) is 16.7. The van der Waals surface area contributed by atoms with Crippen molar-refractivity contribution in [2.75, 3.05) is 22.9 Å². The first-order chi connectivity index (χ1) is 11.6. The summed E-state index contributed by atoms with van der Waals surface area (Å²) in [5.41, 5.74) is 4.22. The molecule has 1 saturated heterocycles. The van der Waals surface area contributed by atoms with Crippen molar-refractivity contribution < 1.29 is 9.59 Å². The van der Waals surface area contributed by atoms with Crippen LogP contribution in [0.2, 0.25) is 0 Å². The molecule has 1 atom stereocenters. The average molecular weight is 320 g/mol. The Labute approximate surface area is 141 Å². The molecule has 122 valence electrons. The number of para-hydroxylation sites is 1. The lowest BCUT2D eigenvalue weighted by Gasteiger charge is -2.22. The molecule has 4 nitrogen and oxygen atoms in total. The summed E-state index contributed by atoms with van der Waals surface area (Å²) in [4.78, 5) is 29.0. The molecule has 2 heterocycles. The summed E-state index contributed by atoms with van der Waals surface area (Å²) in [6, 6.07) is 15.9.